The van der Waals surface area contributed by atoms with E-state index in [4.69, 9.17) is 14.2 Å². The predicted molar refractivity (Wildman–Crippen MR) is 47.9 cm³/mol. The van der Waals surface area contributed by atoms with E-state index in [9.17, 15) is 4.79 Å². The monoisotopic (exact) mass is 204 g/mol. The minimum atomic E-state index is -0.676. The van der Waals surface area contributed by atoms with Crippen molar-refractivity contribution in [2.24, 2.45) is 0 Å². The summed E-state index contributed by atoms with van der Waals surface area (Å²) in [5, 5.41) is 0. The molecular weight excluding hydrogens is 188 g/mol. The number of ether oxygens (including phenoxy) is 4. The molecule has 0 radical (unpaired) electrons. The van der Waals surface area contributed by atoms with Crippen LogP contribution in [0.15, 0.2) is 0 Å². The maximum Gasteiger partial charge on any atom is 0.508 e. The summed E-state index contributed by atoms with van der Waals surface area (Å²) in [4.78, 5) is 10.9. The van der Waals surface area contributed by atoms with Gasteiger partial charge in [-0.3, -0.25) is 0 Å². The summed E-state index contributed by atoms with van der Waals surface area (Å²) in [5.41, 5.74) is 0. The normalized spacial score (nSPS) is 21.6. The fourth-order valence-corrected chi connectivity index (χ4v) is 1.03. The molecule has 1 aliphatic rings. The zero-order valence-electron chi connectivity index (χ0n) is 8.74. The van der Waals surface area contributed by atoms with Gasteiger partial charge < -0.3 is 18.9 Å². The quantitative estimate of drug-likeness (QED) is 0.635. The first-order valence-electron chi connectivity index (χ1n) is 4.65. The lowest BCUT2D eigenvalue weighted by Gasteiger charge is -2.34. The van der Waals surface area contributed by atoms with Gasteiger partial charge >= 0.3 is 6.16 Å². The predicted octanol–water partition coefficient (Wildman–Crippen LogP) is 1.31. The molecular formula is C9H16O5. The molecule has 0 aliphatic carbocycles. The van der Waals surface area contributed by atoms with Crippen LogP contribution in [0, 0.1) is 0 Å². The van der Waals surface area contributed by atoms with E-state index in [-0.39, 0.29) is 6.10 Å². The van der Waals surface area contributed by atoms with E-state index in [1.807, 2.05) is 13.8 Å². The lowest BCUT2D eigenvalue weighted by Crippen LogP contribution is -2.43. The molecule has 1 heterocycles. The zero-order chi connectivity index (χ0) is 10.6. The summed E-state index contributed by atoms with van der Waals surface area (Å²) in [5.74, 6) is -0.589. The van der Waals surface area contributed by atoms with Crippen molar-refractivity contribution < 1.29 is 23.7 Å². The van der Waals surface area contributed by atoms with Crippen LogP contribution < -0.4 is 0 Å². The molecule has 1 saturated heterocycles. The van der Waals surface area contributed by atoms with Gasteiger partial charge in [0.05, 0.1) is 19.8 Å². The maximum atomic E-state index is 10.9. The Balaban J connectivity index is 2.25. The van der Waals surface area contributed by atoms with Gasteiger partial charge in [0.15, 0.2) is 11.9 Å². The molecule has 1 aliphatic heterocycles. The van der Waals surface area contributed by atoms with E-state index in [1.54, 1.807) is 6.92 Å². The van der Waals surface area contributed by atoms with Gasteiger partial charge in [0, 0.05) is 0 Å². The van der Waals surface area contributed by atoms with Crippen molar-refractivity contribution in [2.45, 2.75) is 32.7 Å². The highest BCUT2D eigenvalue weighted by Gasteiger charge is 2.30. The second-order valence-electron chi connectivity index (χ2n) is 3.44. The average molecular weight is 204 g/mol. The third-order valence-corrected chi connectivity index (χ3v) is 1.76. The van der Waals surface area contributed by atoms with E-state index in [0.717, 1.165) is 0 Å². The summed E-state index contributed by atoms with van der Waals surface area (Å²) < 4.78 is 20.1. The number of carbonyl (C=O) groups excluding carboxylic acids is 1. The van der Waals surface area contributed by atoms with Gasteiger partial charge in [0.2, 0.25) is 0 Å². The Bertz CT molecular complexity index is 191. The molecule has 82 valence electrons. The summed E-state index contributed by atoms with van der Waals surface area (Å²) >= 11 is 0. The summed E-state index contributed by atoms with van der Waals surface area (Å²) in [6, 6.07) is 0. The van der Waals surface area contributed by atoms with Crippen LogP contribution in [0.1, 0.15) is 20.8 Å². The van der Waals surface area contributed by atoms with Crippen molar-refractivity contribution in [1.29, 1.82) is 0 Å². The molecule has 0 amide bonds. The van der Waals surface area contributed by atoms with Crippen molar-refractivity contribution in [3.8, 4) is 0 Å². The average Bonchev–Trinajstić information content (AvgIpc) is 2.09. The maximum absolute atomic E-state index is 10.9. The highest BCUT2D eigenvalue weighted by atomic mass is 16.8. The third-order valence-electron chi connectivity index (χ3n) is 1.76. The lowest BCUT2D eigenvalue weighted by molar-refractivity contribution is -0.273. The van der Waals surface area contributed by atoms with Gasteiger partial charge in [-0.2, -0.15) is 0 Å². The Kier molecular flexibility index (Phi) is 3.71. The van der Waals surface area contributed by atoms with Gasteiger partial charge in [-0.05, 0) is 20.8 Å². The second kappa shape index (κ2) is 4.61. The fourth-order valence-electron chi connectivity index (χ4n) is 1.03. The lowest BCUT2D eigenvalue weighted by atomic mass is 10.3. The summed E-state index contributed by atoms with van der Waals surface area (Å²) in [7, 11) is 0. The first-order chi connectivity index (χ1) is 6.53. The van der Waals surface area contributed by atoms with Crippen molar-refractivity contribution >= 4 is 6.16 Å². The molecule has 0 saturated carbocycles. The standard InChI is InChI=1S/C9H16O5/c1-4-11-8(10)14-7-5-12-9(2,3)13-6-7/h7H,4-6H2,1-3H3. The van der Waals surface area contributed by atoms with E-state index in [0.29, 0.717) is 19.8 Å². The summed E-state index contributed by atoms with van der Waals surface area (Å²) in [6.45, 7) is 6.33. The van der Waals surface area contributed by atoms with Crippen LogP contribution in [0.25, 0.3) is 0 Å². The Morgan fingerprint density at radius 2 is 2.00 bits per heavy atom. The van der Waals surface area contributed by atoms with Crippen molar-refractivity contribution in [3.05, 3.63) is 0 Å². The minimum Gasteiger partial charge on any atom is -0.435 e. The SMILES string of the molecule is CCOC(=O)OC1COC(C)(C)OC1. The fraction of sp³-hybridized carbons (Fsp3) is 0.889. The minimum absolute atomic E-state index is 0.304. The highest BCUT2D eigenvalue weighted by Crippen LogP contribution is 2.18. The number of hydrogen-bond donors (Lipinski definition) is 0. The Labute approximate surface area is 83.3 Å². The van der Waals surface area contributed by atoms with Gasteiger partial charge in [0.1, 0.15) is 0 Å². The molecule has 14 heavy (non-hydrogen) atoms. The van der Waals surface area contributed by atoms with Gasteiger partial charge in [-0.15, -0.1) is 0 Å². The van der Waals surface area contributed by atoms with Crippen molar-refractivity contribution in [2.75, 3.05) is 19.8 Å². The Morgan fingerprint density at radius 1 is 1.43 bits per heavy atom. The number of rotatable bonds is 2. The molecule has 0 aromatic heterocycles. The first kappa shape index (κ1) is 11.3. The molecule has 1 rings (SSSR count). The number of hydrogen-bond acceptors (Lipinski definition) is 5. The molecule has 0 atom stereocenters. The van der Waals surface area contributed by atoms with Gasteiger partial charge in [-0.25, -0.2) is 4.79 Å². The van der Waals surface area contributed by atoms with E-state index in [2.05, 4.69) is 4.74 Å². The molecule has 0 bridgehead atoms. The molecule has 5 nitrogen and oxygen atoms in total. The van der Waals surface area contributed by atoms with Gasteiger partial charge in [-0.1, -0.05) is 0 Å². The molecule has 1 fully saturated rings. The number of carbonyl (C=O) groups is 1. The van der Waals surface area contributed by atoms with Crippen molar-refractivity contribution in [1.82, 2.24) is 0 Å². The van der Waals surface area contributed by atoms with Crippen LogP contribution in [0.2, 0.25) is 0 Å². The van der Waals surface area contributed by atoms with Crippen LogP contribution in [-0.2, 0) is 18.9 Å². The molecule has 0 unspecified atom stereocenters. The molecule has 0 aromatic carbocycles. The Hall–Kier alpha value is -0.810. The van der Waals surface area contributed by atoms with Crippen LogP contribution in [0.3, 0.4) is 0 Å². The molecule has 0 N–H and O–H groups in total. The van der Waals surface area contributed by atoms with Crippen molar-refractivity contribution in [3.63, 3.8) is 0 Å². The van der Waals surface area contributed by atoms with Crippen LogP contribution in [0.4, 0.5) is 4.79 Å². The van der Waals surface area contributed by atoms with E-state index >= 15 is 0 Å². The third kappa shape index (κ3) is 3.51. The van der Waals surface area contributed by atoms with Crippen LogP contribution in [0.5, 0.6) is 0 Å². The Morgan fingerprint density at radius 3 is 2.50 bits per heavy atom. The highest BCUT2D eigenvalue weighted by molar-refractivity contribution is 5.60. The first-order valence-corrected chi connectivity index (χ1v) is 4.65. The van der Waals surface area contributed by atoms with E-state index < -0.39 is 11.9 Å². The molecule has 0 spiro atoms. The van der Waals surface area contributed by atoms with Crippen LogP contribution >= 0.6 is 0 Å². The topological polar surface area (TPSA) is 54.0 Å². The van der Waals surface area contributed by atoms with E-state index in [1.165, 1.54) is 0 Å². The van der Waals surface area contributed by atoms with Gasteiger partial charge in [0.25, 0.3) is 0 Å². The second-order valence-corrected chi connectivity index (χ2v) is 3.44. The zero-order valence-corrected chi connectivity index (χ0v) is 8.74. The summed E-state index contributed by atoms with van der Waals surface area (Å²) in [6.07, 6.45) is -1.05. The smallest absolute Gasteiger partial charge is 0.435 e. The van der Waals surface area contributed by atoms with Crippen LogP contribution in [-0.4, -0.2) is 37.9 Å². The molecule has 5 heteroatoms. The molecule has 0 aromatic rings. The largest absolute Gasteiger partial charge is 0.508 e.